The van der Waals surface area contributed by atoms with E-state index in [9.17, 15) is 0 Å². The predicted molar refractivity (Wildman–Crippen MR) is 313 cm³/mol. The largest absolute Gasteiger partial charge is 0.334 e. The van der Waals surface area contributed by atoms with E-state index in [0.29, 0.717) is 0 Å². The van der Waals surface area contributed by atoms with Gasteiger partial charge in [0, 0.05) is 61.6 Å². The van der Waals surface area contributed by atoms with Crippen LogP contribution in [0.3, 0.4) is 0 Å². The van der Waals surface area contributed by atoms with Gasteiger partial charge >= 0.3 is 0 Å². The second-order valence-electron chi connectivity index (χ2n) is 27.5. The molecule has 0 saturated heterocycles. The van der Waals surface area contributed by atoms with Gasteiger partial charge in [0.25, 0.3) is 6.71 Å². The minimum atomic E-state index is -1.86. The van der Waals surface area contributed by atoms with Crippen molar-refractivity contribution >= 4 is 81.9 Å². The minimum Gasteiger partial charge on any atom is -0.334 e. The van der Waals surface area contributed by atoms with E-state index < -0.39 is 8.07 Å². The molecule has 0 N–H and O–H groups in total. The van der Waals surface area contributed by atoms with E-state index in [-0.39, 0.29) is 39.3 Å². The summed E-state index contributed by atoms with van der Waals surface area (Å²) in [6.45, 7) is 37.1. The lowest BCUT2D eigenvalue weighted by Crippen LogP contribution is -2.61. The summed E-state index contributed by atoms with van der Waals surface area (Å²) < 4.78 is 0. The minimum absolute atomic E-state index is 0.0191. The van der Waals surface area contributed by atoms with Gasteiger partial charge in [-0.1, -0.05) is 187 Å². The standard InChI is InChI=1S/C67H74BN3Si/c1-62(2,3)42-26-29-54-49(34-42)41-20-18-21-44(32-41)64(7,8)46-25-28-53-57(36-46)70(54)59-38-48-37-58-61(59)68(53)52-27-24-43(63(4,5)6)35-56(52)69(58)47-23-19-22-45(33-47)65(9,10)51-39-55-50(40-60(51)72(13,14)15)66(11)30-16-17-31-67(66,12)71(48)55/h18-29,32-40H,16-17,30-31H2,1-15H3. The Hall–Kier alpha value is -5.78. The van der Waals surface area contributed by atoms with E-state index in [0.717, 1.165) is 6.42 Å². The molecule has 7 aromatic carbocycles. The van der Waals surface area contributed by atoms with Crippen LogP contribution < -0.4 is 36.3 Å². The lowest BCUT2D eigenvalue weighted by atomic mass is 9.33. The van der Waals surface area contributed by atoms with Gasteiger partial charge in [-0.05, 0) is 146 Å². The lowest BCUT2D eigenvalue weighted by Gasteiger charge is -2.51. The molecule has 2 atom stereocenters. The fraction of sp³-hybridized carbons (Fsp3) is 0.373. The third-order valence-corrected chi connectivity index (χ3v) is 21.5. The zero-order chi connectivity index (χ0) is 50.6. The number of anilines is 8. The first-order valence-corrected chi connectivity index (χ1v) is 30.8. The smallest absolute Gasteiger partial charge is 0.252 e. The highest BCUT2D eigenvalue weighted by atomic mass is 28.3. The van der Waals surface area contributed by atoms with Crippen LogP contribution in [0.2, 0.25) is 19.6 Å². The van der Waals surface area contributed by atoms with Gasteiger partial charge in [-0.15, -0.1) is 0 Å². The molecule has 5 heterocycles. The molecule has 0 amide bonds. The van der Waals surface area contributed by atoms with Crippen molar-refractivity contribution in [3.8, 4) is 11.1 Å². The molecule has 5 heteroatoms. The molecule has 0 aromatic heterocycles. The first-order valence-electron chi connectivity index (χ1n) is 27.3. The highest BCUT2D eigenvalue weighted by Crippen LogP contribution is 2.63. The van der Waals surface area contributed by atoms with Gasteiger partial charge in [-0.3, -0.25) is 0 Å². The number of rotatable bonds is 1. The van der Waals surface area contributed by atoms with Crippen molar-refractivity contribution in [2.45, 2.75) is 161 Å². The van der Waals surface area contributed by atoms with Crippen LogP contribution in [-0.2, 0) is 27.1 Å². The summed E-state index contributed by atoms with van der Waals surface area (Å²) in [5.41, 5.74) is 26.1. The van der Waals surface area contributed by atoms with E-state index in [1.54, 1.807) is 10.8 Å². The van der Waals surface area contributed by atoms with E-state index >= 15 is 0 Å². The molecule has 7 aromatic rings. The molecule has 10 bridgehead atoms. The lowest BCUT2D eigenvalue weighted by molar-refractivity contribution is 0.195. The number of hydrogen-bond acceptors (Lipinski definition) is 3. The maximum absolute atomic E-state index is 2.90. The van der Waals surface area contributed by atoms with Gasteiger partial charge in [0.2, 0.25) is 0 Å². The number of benzene rings is 7. The molecular formula is C67H74BN3Si. The van der Waals surface area contributed by atoms with E-state index in [4.69, 9.17) is 0 Å². The van der Waals surface area contributed by atoms with Gasteiger partial charge in [-0.2, -0.15) is 0 Å². The summed E-state index contributed by atoms with van der Waals surface area (Å²) in [7, 11) is -1.86. The Balaban J connectivity index is 1.23. The zero-order valence-corrected chi connectivity index (χ0v) is 46.9. The third-order valence-electron chi connectivity index (χ3n) is 19.5. The first kappa shape index (κ1) is 46.0. The van der Waals surface area contributed by atoms with Crippen LogP contribution in [0.25, 0.3) is 11.1 Å². The monoisotopic (exact) mass is 960 g/mol. The van der Waals surface area contributed by atoms with Crippen molar-refractivity contribution in [3.63, 3.8) is 0 Å². The molecule has 5 aliphatic heterocycles. The third kappa shape index (κ3) is 6.09. The highest BCUT2D eigenvalue weighted by Gasteiger charge is 2.59. The summed E-state index contributed by atoms with van der Waals surface area (Å²) in [5.74, 6) is 0. The van der Waals surface area contributed by atoms with Gasteiger partial charge in [0.1, 0.15) is 0 Å². The molecular weight excluding hydrogens is 886 g/mol. The van der Waals surface area contributed by atoms with Crippen LogP contribution in [0.5, 0.6) is 0 Å². The van der Waals surface area contributed by atoms with Gasteiger partial charge in [-0.25, -0.2) is 0 Å². The summed E-state index contributed by atoms with van der Waals surface area (Å²) in [5, 5.41) is 1.61. The average molecular weight is 960 g/mol. The molecule has 72 heavy (non-hydrogen) atoms. The number of fused-ring (bicyclic) bond motifs is 20. The Labute approximate surface area is 432 Å². The zero-order valence-electron chi connectivity index (χ0n) is 45.9. The van der Waals surface area contributed by atoms with Crippen molar-refractivity contribution in [3.05, 3.63) is 166 Å². The van der Waals surface area contributed by atoms with E-state index in [1.165, 1.54) is 126 Å². The second-order valence-corrected chi connectivity index (χ2v) is 32.5. The summed E-state index contributed by atoms with van der Waals surface area (Å²) in [6.07, 6.45) is 4.83. The molecule has 1 aliphatic carbocycles. The summed E-state index contributed by atoms with van der Waals surface area (Å²) in [4.78, 5) is 8.33. The Kier molecular flexibility index (Phi) is 9.27. The predicted octanol–water partition coefficient (Wildman–Crippen LogP) is 15.6. The highest BCUT2D eigenvalue weighted by molar-refractivity contribution is 7.00. The van der Waals surface area contributed by atoms with Crippen molar-refractivity contribution in [2.24, 2.45) is 0 Å². The Morgan fingerprint density at radius 1 is 0.486 bits per heavy atom. The first-order chi connectivity index (χ1) is 33.8. The summed E-state index contributed by atoms with van der Waals surface area (Å²) >= 11 is 0. The van der Waals surface area contributed by atoms with Crippen LogP contribution in [0.15, 0.2) is 127 Å². The van der Waals surface area contributed by atoms with Crippen LogP contribution in [0.1, 0.15) is 148 Å². The molecule has 364 valence electrons. The normalized spacial score (nSPS) is 21.5. The molecule has 0 radical (unpaired) electrons. The molecule has 0 spiro atoms. The van der Waals surface area contributed by atoms with Crippen LogP contribution in [-0.4, -0.2) is 20.3 Å². The molecule has 1 fully saturated rings. The molecule has 1 saturated carbocycles. The van der Waals surface area contributed by atoms with Gasteiger partial charge < -0.3 is 14.7 Å². The number of nitrogens with zero attached hydrogens (tertiary/aromatic N) is 3. The second kappa shape index (κ2) is 14.5. The Bertz CT molecular complexity index is 3500. The van der Waals surface area contributed by atoms with E-state index in [2.05, 4.69) is 245 Å². The molecule has 13 rings (SSSR count). The van der Waals surface area contributed by atoms with Crippen LogP contribution in [0, 0.1) is 0 Å². The molecule has 6 aliphatic rings. The maximum Gasteiger partial charge on any atom is 0.252 e. The average Bonchev–Trinajstić information content (AvgIpc) is 3.53. The maximum atomic E-state index is 2.90. The van der Waals surface area contributed by atoms with Crippen LogP contribution >= 0.6 is 0 Å². The molecule has 2 unspecified atom stereocenters. The SMILES string of the molecule is CC(C)(C)c1ccc2c(c1)-c1cccc(c1)C(C)(C)c1ccc3c(c1)N2c1cc2cc4c1B3c1ccc(C(C)(C)C)cc1N4c1cccc(c1)C(C)(C)c1cc3c(cc1[Si](C)(C)C)C1(C)CCCCC1(C)N23. The number of hydrogen-bond donors (Lipinski definition) is 0. The summed E-state index contributed by atoms with van der Waals surface area (Å²) in [6, 6.07) is 52.4. The Morgan fingerprint density at radius 3 is 1.81 bits per heavy atom. The van der Waals surface area contributed by atoms with Gasteiger partial charge in [0.05, 0.1) is 19.3 Å². The fourth-order valence-corrected chi connectivity index (χ4v) is 16.4. The molecule has 3 nitrogen and oxygen atoms in total. The van der Waals surface area contributed by atoms with Crippen LogP contribution in [0.4, 0.5) is 45.5 Å². The van der Waals surface area contributed by atoms with Crippen molar-refractivity contribution in [1.82, 2.24) is 0 Å². The fourth-order valence-electron chi connectivity index (χ4n) is 14.7. The quantitative estimate of drug-likeness (QED) is 0.152. The van der Waals surface area contributed by atoms with Crippen molar-refractivity contribution < 1.29 is 0 Å². The van der Waals surface area contributed by atoms with E-state index in [1.807, 2.05) is 0 Å². The van der Waals surface area contributed by atoms with Crippen molar-refractivity contribution in [1.29, 1.82) is 0 Å². The van der Waals surface area contributed by atoms with Gasteiger partial charge in [0.15, 0.2) is 0 Å². The topological polar surface area (TPSA) is 9.72 Å². The Morgan fingerprint density at radius 2 is 1.10 bits per heavy atom. The van der Waals surface area contributed by atoms with Crippen molar-refractivity contribution in [2.75, 3.05) is 14.7 Å².